The minimum Gasteiger partial charge on any atom is -0.640 e. The second-order valence-electron chi connectivity index (χ2n) is 8.88. The van der Waals surface area contributed by atoms with Gasteiger partial charge in [-0.1, -0.05) is 108 Å². The average molecular weight is 509 g/mol. The molecule has 0 radical (unpaired) electrons. The minimum absolute atomic E-state index is 0. The number of amides is 1. The van der Waals surface area contributed by atoms with Gasteiger partial charge in [0.25, 0.3) is 5.97 Å². The van der Waals surface area contributed by atoms with Gasteiger partial charge in [-0.15, -0.1) is 0 Å². The largest absolute Gasteiger partial charge is 1.00 e. The number of nitrogens with zero attached hydrogens (tertiary/aromatic N) is 2. The van der Waals surface area contributed by atoms with E-state index in [4.69, 9.17) is 0 Å². The molecule has 0 aliphatic heterocycles. The zero-order valence-corrected chi connectivity index (χ0v) is 21.7. The fourth-order valence-corrected chi connectivity index (χ4v) is 3.93. The third-order valence-electron chi connectivity index (χ3n) is 5.87. The first-order valence-corrected chi connectivity index (χ1v) is 12.8. The Morgan fingerprint density at radius 1 is 0.818 bits per heavy atom. The van der Waals surface area contributed by atoms with Crippen molar-refractivity contribution in [2.24, 2.45) is 0 Å². The first-order chi connectivity index (χ1) is 15.6. The molecular weight excluding hydrogens is 464 g/mol. The van der Waals surface area contributed by atoms with Crippen molar-refractivity contribution in [1.29, 1.82) is 0 Å². The summed E-state index contributed by atoms with van der Waals surface area (Å²) in [7, 11) is 0. The van der Waals surface area contributed by atoms with Crippen molar-refractivity contribution in [3.8, 4) is 0 Å². The average Bonchev–Trinajstić information content (AvgIpc) is 2.78. The van der Waals surface area contributed by atoms with Crippen molar-refractivity contribution in [2.75, 3.05) is 19.6 Å². The van der Waals surface area contributed by atoms with Crippen molar-refractivity contribution in [3.63, 3.8) is 0 Å². The van der Waals surface area contributed by atoms with E-state index in [1.807, 2.05) is 30.3 Å². The molecule has 5 nitrogen and oxygen atoms in total. The molecule has 0 aliphatic carbocycles. The zero-order valence-electron chi connectivity index (χ0n) is 20.7. The molecule has 1 aromatic rings. The molecule has 6 heteroatoms. The van der Waals surface area contributed by atoms with Crippen molar-refractivity contribution in [3.05, 3.63) is 41.2 Å². The van der Waals surface area contributed by atoms with Crippen LogP contribution in [0.5, 0.6) is 0 Å². The fourth-order valence-electron chi connectivity index (χ4n) is 3.93. The van der Waals surface area contributed by atoms with Crippen LogP contribution >= 0.6 is 0 Å². The van der Waals surface area contributed by atoms with Crippen LogP contribution in [0, 0.1) is 0 Å². The summed E-state index contributed by atoms with van der Waals surface area (Å²) in [5.74, 6) is -1.36. The molecule has 0 unspecified atom stereocenters. The Labute approximate surface area is 212 Å². The molecule has 0 bridgehead atoms. The van der Waals surface area contributed by atoms with Crippen molar-refractivity contribution >= 4 is 11.9 Å². The van der Waals surface area contributed by atoms with Gasteiger partial charge in [-0.25, -0.2) is 0 Å². The van der Waals surface area contributed by atoms with Crippen molar-refractivity contribution < 1.29 is 31.8 Å². The van der Waals surface area contributed by atoms with Gasteiger partial charge >= 0.3 is 17.1 Å². The van der Waals surface area contributed by atoms with Crippen LogP contribution in [0.15, 0.2) is 30.3 Å². The maximum Gasteiger partial charge on any atom is 1.00 e. The molecule has 0 aliphatic rings. The summed E-state index contributed by atoms with van der Waals surface area (Å²) in [6, 6.07) is 8.37. The summed E-state index contributed by atoms with van der Waals surface area (Å²) in [6.45, 7) is 6.44. The van der Waals surface area contributed by atoms with Gasteiger partial charge in [-0.2, -0.15) is 0 Å². The standard InChI is InChI=1S/C27H46N2O3.Cu/c1-3-5-7-9-11-16-20-29(21-17-12-10-8-6-4-2)23-26(30)28-25(27(31)32)22-24-18-14-13-15-19-24;/h13-15,18-19,25H,3-12,16-17,20-23H2,1-2H3,(H2,28,30,31,32);/q;+1/p-1/t25-;/m0./s1. The predicted octanol–water partition coefficient (Wildman–Crippen LogP) is 6.60. The van der Waals surface area contributed by atoms with Gasteiger partial charge in [0, 0.05) is 6.54 Å². The van der Waals surface area contributed by atoms with Gasteiger partial charge in [0.05, 0.1) is 5.91 Å². The number of hydrogen-bond donors (Lipinski definition) is 1. The predicted molar refractivity (Wildman–Crippen MR) is 133 cm³/mol. The van der Waals surface area contributed by atoms with E-state index in [2.05, 4.69) is 24.1 Å². The minimum atomic E-state index is -1.04. The Hall–Kier alpha value is -1.36. The quantitative estimate of drug-likeness (QED) is 0.159. The van der Waals surface area contributed by atoms with E-state index in [9.17, 15) is 14.7 Å². The van der Waals surface area contributed by atoms with Gasteiger partial charge < -0.3 is 15.2 Å². The van der Waals surface area contributed by atoms with E-state index in [1.165, 1.54) is 64.2 Å². The topological polar surface area (TPSA) is 71.7 Å². The van der Waals surface area contributed by atoms with Crippen molar-refractivity contribution in [2.45, 2.75) is 103 Å². The maximum atomic E-state index is 12.6. The molecule has 0 heterocycles. The summed E-state index contributed by atoms with van der Waals surface area (Å²) >= 11 is 0. The molecular formula is C27H45CuN2O3. The normalized spacial score (nSPS) is 11.7. The third-order valence-corrected chi connectivity index (χ3v) is 5.87. The van der Waals surface area contributed by atoms with Gasteiger partial charge in [-0.3, -0.25) is 9.69 Å². The molecule has 1 N–H and O–H groups in total. The molecule has 33 heavy (non-hydrogen) atoms. The Morgan fingerprint density at radius 3 is 1.79 bits per heavy atom. The van der Waals surface area contributed by atoms with Crippen LogP contribution < -0.4 is 0 Å². The van der Waals surface area contributed by atoms with Crippen LogP contribution in [0.25, 0.3) is 5.32 Å². The number of unbranched alkanes of at least 4 members (excludes halogenated alkanes) is 10. The number of carboxylic acids is 1. The number of hydrogen-bond acceptors (Lipinski definition) is 3. The number of benzene rings is 1. The summed E-state index contributed by atoms with van der Waals surface area (Å²) in [6.07, 6.45) is 14.9. The number of carbonyl (C=O) groups is 2. The van der Waals surface area contributed by atoms with Gasteiger partial charge in [-0.05, 0) is 44.0 Å². The summed E-state index contributed by atoms with van der Waals surface area (Å²) in [4.78, 5) is 26.5. The first kappa shape index (κ1) is 31.6. The van der Waals surface area contributed by atoms with Crippen LogP contribution in [0.3, 0.4) is 0 Å². The third kappa shape index (κ3) is 16.8. The van der Waals surface area contributed by atoms with Crippen LogP contribution in [0.2, 0.25) is 0 Å². The van der Waals surface area contributed by atoms with Gasteiger partial charge in [0.15, 0.2) is 0 Å². The monoisotopic (exact) mass is 508 g/mol. The van der Waals surface area contributed by atoms with E-state index in [0.29, 0.717) is 0 Å². The Balaban J connectivity index is 0.0000102. The second kappa shape index (κ2) is 21.2. The van der Waals surface area contributed by atoms with E-state index in [1.54, 1.807) is 0 Å². The Kier molecular flexibility index (Phi) is 20.3. The number of carbonyl (C=O) groups excluding carboxylic acids is 1. The van der Waals surface area contributed by atoms with Crippen LogP contribution in [-0.4, -0.2) is 47.6 Å². The Bertz CT molecular complexity index is 597. The van der Waals surface area contributed by atoms with Gasteiger partial charge in [0.2, 0.25) is 0 Å². The molecule has 0 aromatic heterocycles. The molecule has 1 atom stereocenters. The van der Waals surface area contributed by atoms with E-state index < -0.39 is 12.0 Å². The fraction of sp³-hybridized carbons (Fsp3) is 0.704. The van der Waals surface area contributed by atoms with Crippen molar-refractivity contribution in [1.82, 2.24) is 4.90 Å². The second-order valence-corrected chi connectivity index (χ2v) is 8.88. The maximum absolute atomic E-state index is 12.6. The molecule has 1 amide bonds. The molecule has 0 fully saturated rings. The SMILES string of the molecule is CCCCCCCCN(CCCCCCCC)CC(=O)[N-][C@@H](Cc1ccccc1)C(=O)O.[Cu+]. The summed E-state index contributed by atoms with van der Waals surface area (Å²) in [5.41, 5.74) is 0.882. The molecule has 1 aromatic carbocycles. The zero-order chi connectivity index (χ0) is 23.4. The van der Waals surface area contributed by atoms with Crippen LogP contribution in [0.1, 0.15) is 96.5 Å². The number of rotatable bonds is 20. The van der Waals surface area contributed by atoms with Crippen LogP contribution in [0.4, 0.5) is 0 Å². The summed E-state index contributed by atoms with van der Waals surface area (Å²) < 4.78 is 0. The molecule has 0 saturated heterocycles. The first-order valence-electron chi connectivity index (χ1n) is 12.8. The number of aliphatic carboxylic acids is 1. The van der Waals surface area contributed by atoms with Crippen LogP contribution in [-0.2, 0) is 33.1 Å². The van der Waals surface area contributed by atoms with Gasteiger partial charge in [0.1, 0.15) is 0 Å². The molecule has 192 valence electrons. The smallest absolute Gasteiger partial charge is 0.640 e. The van der Waals surface area contributed by atoms with E-state index >= 15 is 0 Å². The molecule has 0 saturated carbocycles. The Morgan fingerprint density at radius 2 is 1.30 bits per heavy atom. The molecule has 1 rings (SSSR count). The van der Waals surface area contributed by atoms with E-state index in [-0.39, 0.29) is 35.9 Å². The number of carboxylic acid groups (broad SMARTS) is 1. The van der Waals surface area contributed by atoms with E-state index in [0.717, 1.165) is 31.5 Å². The summed E-state index contributed by atoms with van der Waals surface area (Å²) in [5, 5.41) is 13.6. The molecule has 0 spiro atoms.